The van der Waals surface area contributed by atoms with Crippen molar-refractivity contribution in [2.45, 2.75) is 33.4 Å². The Morgan fingerprint density at radius 1 is 1.50 bits per heavy atom. The topological polar surface area (TPSA) is 34.4 Å². The lowest BCUT2D eigenvalue weighted by Gasteiger charge is -2.12. The van der Waals surface area contributed by atoms with Gasteiger partial charge < -0.3 is 14.5 Å². The van der Waals surface area contributed by atoms with E-state index in [1.165, 1.54) is 0 Å². The Kier molecular flexibility index (Phi) is 4.70. The second-order valence-electron chi connectivity index (χ2n) is 3.45. The molecule has 1 N–H and O–H groups in total. The highest BCUT2D eigenvalue weighted by atomic mass is 16.5. The van der Waals surface area contributed by atoms with Gasteiger partial charge in [0.05, 0.1) is 13.2 Å². The first-order valence-electron chi connectivity index (χ1n) is 5.08. The molecule has 0 fully saturated rings. The van der Waals surface area contributed by atoms with Crippen LogP contribution in [0.3, 0.4) is 0 Å². The molecule has 0 radical (unpaired) electrons. The Bertz CT molecular complexity index is 258. The van der Waals surface area contributed by atoms with Gasteiger partial charge in [0, 0.05) is 12.6 Å². The minimum absolute atomic E-state index is 0.361. The van der Waals surface area contributed by atoms with Crippen LogP contribution in [0.15, 0.2) is 16.5 Å². The SMILES string of the molecule is CCOCC(C)NCc1ccc(C)o1. The fraction of sp³-hybridized carbons (Fsp3) is 0.636. The molecule has 1 atom stereocenters. The number of furan rings is 1. The number of rotatable bonds is 6. The zero-order valence-electron chi connectivity index (χ0n) is 9.17. The Morgan fingerprint density at radius 2 is 2.29 bits per heavy atom. The molecule has 80 valence electrons. The summed E-state index contributed by atoms with van der Waals surface area (Å²) in [5, 5.41) is 3.33. The molecule has 0 saturated heterocycles. The zero-order valence-corrected chi connectivity index (χ0v) is 9.17. The van der Waals surface area contributed by atoms with E-state index in [0.717, 1.165) is 31.3 Å². The van der Waals surface area contributed by atoms with Crippen LogP contribution >= 0.6 is 0 Å². The summed E-state index contributed by atoms with van der Waals surface area (Å²) in [6.45, 7) is 8.34. The van der Waals surface area contributed by atoms with Gasteiger partial charge in [0.1, 0.15) is 11.5 Å². The van der Waals surface area contributed by atoms with E-state index in [9.17, 15) is 0 Å². The number of ether oxygens (including phenoxy) is 1. The van der Waals surface area contributed by atoms with Crippen LogP contribution < -0.4 is 5.32 Å². The van der Waals surface area contributed by atoms with Crippen molar-refractivity contribution in [2.75, 3.05) is 13.2 Å². The standard InChI is InChI=1S/C11H19NO2/c1-4-13-8-9(2)12-7-11-6-5-10(3)14-11/h5-6,9,12H,4,7-8H2,1-3H3. The van der Waals surface area contributed by atoms with E-state index >= 15 is 0 Å². The third-order valence-electron chi connectivity index (χ3n) is 1.99. The van der Waals surface area contributed by atoms with E-state index in [1.54, 1.807) is 0 Å². The molecule has 0 aliphatic heterocycles. The summed E-state index contributed by atoms with van der Waals surface area (Å²) in [6.07, 6.45) is 0. The van der Waals surface area contributed by atoms with Crippen LogP contribution in [-0.4, -0.2) is 19.3 Å². The molecule has 1 unspecified atom stereocenters. The van der Waals surface area contributed by atoms with E-state index in [4.69, 9.17) is 9.15 Å². The van der Waals surface area contributed by atoms with Crippen molar-refractivity contribution in [2.24, 2.45) is 0 Å². The predicted octanol–water partition coefficient (Wildman–Crippen LogP) is 2.10. The first-order chi connectivity index (χ1) is 6.72. The van der Waals surface area contributed by atoms with Crippen LogP contribution in [0.5, 0.6) is 0 Å². The lowest BCUT2D eigenvalue weighted by Crippen LogP contribution is -2.29. The molecule has 1 rings (SSSR count). The smallest absolute Gasteiger partial charge is 0.117 e. The Balaban J connectivity index is 2.20. The summed E-state index contributed by atoms with van der Waals surface area (Å²) in [5.74, 6) is 1.94. The molecule has 3 nitrogen and oxygen atoms in total. The second kappa shape index (κ2) is 5.83. The van der Waals surface area contributed by atoms with Crippen molar-refractivity contribution < 1.29 is 9.15 Å². The van der Waals surface area contributed by atoms with Crippen molar-refractivity contribution in [3.63, 3.8) is 0 Å². The van der Waals surface area contributed by atoms with E-state index < -0.39 is 0 Å². The molecular weight excluding hydrogens is 178 g/mol. The lowest BCUT2D eigenvalue weighted by atomic mass is 10.3. The van der Waals surface area contributed by atoms with E-state index in [-0.39, 0.29) is 0 Å². The molecule has 0 aliphatic carbocycles. The molecule has 0 bridgehead atoms. The first-order valence-corrected chi connectivity index (χ1v) is 5.08. The van der Waals surface area contributed by atoms with E-state index in [2.05, 4.69) is 12.2 Å². The Morgan fingerprint density at radius 3 is 2.86 bits per heavy atom. The van der Waals surface area contributed by atoms with Gasteiger partial charge in [-0.05, 0) is 32.9 Å². The van der Waals surface area contributed by atoms with Crippen molar-refractivity contribution in [3.05, 3.63) is 23.7 Å². The van der Waals surface area contributed by atoms with Crippen LogP contribution in [0.2, 0.25) is 0 Å². The van der Waals surface area contributed by atoms with E-state index in [0.29, 0.717) is 6.04 Å². The highest BCUT2D eigenvalue weighted by molar-refractivity contribution is 5.05. The third-order valence-corrected chi connectivity index (χ3v) is 1.99. The third kappa shape index (κ3) is 3.94. The molecule has 0 spiro atoms. The summed E-state index contributed by atoms with van der Waals surface area (Å²) in [6, 6.07) is 4.33. The number of hydrogen-bond acceptors (Lipinski definition) is 3. The van der Waals surface area contributed by atoms with Crippen molar-refractivity contribution in [1.29, 1.82) is 0 Å². The minimum Gasteiger partial charge on any atom is -0.465 e. The summed E-state index contributed by atoms with van der Waals surface area (Å²) in [4.78, 5) is 0. The van der Waals surface area contributed by atoms with Crippen LogP contribution in [-0.2, 0) is 11.3 Å². The summed E-state index contributed by atoms with van der Waals surface area (Å²) in [5.41, 5.74) is 0. The largest absolute Gasteiger partial charge is 0.465 e. The van der Waals surface area contributed by atoms with Crippen LogP contribution in [0.1, 0.15) is 25.4 Å². The average molecular weight is 197 g/mol. The van der Waals surface area contributed by atoms with Crippen molar-refractivity contribution >= 4 is 0 Å². The summed E-state index contributed by atoms with van der Waals surface area (Å²) >= 11 is 0. The van der Waals surface area contributed by atoms with Gasteiger partial charge in [0.15, 0.2) is 0 Å². The van der Waals surface area contributed by atoms with Gasteiger partial charge in [-0.3, -0.25) is 0 Å². The predicted molar refractivity (Wildman–Crippen MR) is 56.2 cm³/mol. The summed E-state index contributed by atoms with van der Waals surface area (Å²) in [7, 11) is 0. The highest BCUT2D eigenvalue weighted by Gasteiger charge is 2.03. The molecule has 1 aromatic rings. The van der Waals surface area contributed by atoms with Crippen LogP contribution in [0.4, 0.5) is 0 Å². The quantitative estimate of drug-likeness (QED) is 0.758. The number of hydrogen-bond donors (Lipinski definition) is 1. The maximum atomic E-state index is 5.44. The minimum atomic E-state index is 0.361. The molecule has 0 aromatic carbocycles. The van der Waals surface area contributed by atoms with Gasteiger partial charge in [0.25, 0.3) is 0 Å². The van der Waals surface area contributed by atoms with Gasteiger partial charge in [-0.1, -0.05) is 0 Å². The maximum Gasteiger partial charge on any atom is 0.117 e. The van der Waals surface area contributed by atoms with Gasteiger partial charge in [-0.15, -0.1) is 0 Å². The van der Waals surface area contributed by atoms with Gasteiger partial charge in [-0.25, -0.2) is 0 Å². The van der Waals surface area contributed by atoms with E-state index in [1.807, 2.05) is 26.0 Å². The highest BCUT2D eigenvalue weighted by Crippen LogP contribution is 2.05. The van der Waals surface area contributed by atoms with Gasteiger partial charge >= 0.3 is 0 Å². The fourth-order valence-electron chi connectivity index (χ4n) is 1.21. The Labute approximate surface area is 85.4 Å². The van der Waals surface area contributed by atoms with Crippen molar-refractivity contribution in [1.82, 2.24) is 5.32 Å². The normalized spacial score (nSPS) is 13.1. The number of aryl methyl sites for hydroxylation is 1. The molecule has 1 heterocycles. The average Bonchev–Trinajstić information content (AvgIpc) is 2.58. The molecule has 0 saturated carbocycles. The second-order valence-corrected chi connectivity index (χ2v) is 3.45. The monoisotopic (exact) mass is 197 g/mol. The summed E-state index contributed by atoms with van der Waals surface area (Å²) < 4.78 is 10.7. The van der Waals surface area contributed by atoms with Gasteiger partial charge in [0.2, 0.25) is 0 Å². The van der Waals surface area contributed by atoms with Crippen molar-refractivity contribution in [3.8, 4) is 0 Å². The molecular formula is C11H19NO2. The Hall–Kier alpha value is -0.800. The maximum absolute atomic E-state index is 5.44. The molecule has 1 aromatic heterocycles. The molecule has 14 heavy (non-hydrogen) atoms. The van der Waals surface area contributed by atoms with Crippen LogP contribution in [0.25, 0.3) is 0 Å². The molecule has 3 heteroatoms. The first kappa shape index (κ1) is 11.3. The molecule has 0 aliphatic rings. The fourth-order valence-corrected chi connectivity index (χ4v) is 1.21. The molecule has 0 amide bonds. The lowest BCUT2D eigenvalue weighted by molar-refractivity contribution is 0.126. The number of nitrogens with one attached hydrogen (secondary N) is 1. The van der Waals surface area contributed by atoms with Crippen LogP contribution in [0, 0.1) is 6.92 Å². The van der Waals surface area contributed by atoms with Gasteiger partial charge in [-0.2, -0.15) is 0 Å². The zero-order chi connectivity index (χ0) is 10.4.